The van der Waals surface area contributed by atoms with Gasteiger partial charge in [0.1, 0.15) is 18.3 Å². The highest BCUT2D eigenvalue weighted by molar-refractivity contribution is 6.34. The van der Waals surface area contributed by atoms with Gasteiger partial charge in [-0.1, -0.05) is 53.5 Å². The third kappa shape index (κ3) is 5.27. The summed E-state index contributed by atoms with van der Waals surface area (Å²) in [6.07, 6.45) is 0.120. The molecule has 0 spiro atoms. The molecule has 0 radical (unpaired) electrons. The second kappa shape index (κ2) is 7.99. The minimum Gasteiger partial charge on any atom is -0.486 e. The molecule has 0 amide bonds. The number of Topliss-reactive ketones (excluding diaryl/α,β-unsaturated/α-hetero) is 1. The minimum atomic E-state index is -1.17. The van der Waals surface area contributed by atoms with Crippen molar-refractivity contribution >= 4 is 35.0 Å². The first kappa shape index (κ1) is 17.3. The molecule has 120 valence electrons. The number of carbonyl (C=O) groups excluding carboxylic acids is 1. The molecule has 1 atom stereocenters. The lowest BCUT2D eigenvalue weighted by atomic mass is 9.95. The predicted molar refractivity (Wildman–Crippen MR) is 88.2 cm³/mol. The van der Waals surface area contributed by atoms with Gasteiger partial charge >= 0.3 is 5.97 Å². The summed E-state index contributed by atoms with van der Waals surface area (Å²) in [4.78, 5) is 23.5. The van der Waals surface area contributed by atoms with Crippen LogP contribution in [0.1, 0.15) is 5.56 Å². The van der Waals surface area contributed by atoms with Crippen LogP contribution in [-0.2, 0) is 16.0 Å². The Bertz CT molecular complexity index is 681. The van der Waals surface area contributed by atoms with Crippen LogP contribution in [-0.4, -0.2) is 23.5 Å². The van der Waals surface area contributed by atoms with Crippen molar-refractivity contribution in [1.82, 2.24) is 0 Å². The Morgan fingerprint density at radius 1 is 1.04 bits per heavy atom. The molecule has 0 heterocycles. The number of carboxylic acid groups (broad SMARTS) is 1. The first-order valence-electron chi connectivity index (χ1n) is 6.84. The van der Waals surface area contributed by atoms with E-state index in [1.807, 2.05) is 6.07 Å². The summed E-state index contributed by atoms with van der Waals surface area (Å²) in [7, 11) is 0. The average Bonchev–Trinajstić information content (AvgIpc) is 2.50. The van der Waals surface area contributed by atoms with Crippen molar-refractivity contribution in [2.75, 3.05) is 6.61 Å². The van der Waals surface area contributed by atoms with E-state index in [4.69, 9.17) is 27.9 Å². The molecule has 0 aromatic heterocycles. The second-order valence-electron chi connectivity index (χ2n) is 4.94. The number of aliphatic carboxylic acids is 1. The van der Waals surface area contributed by atoms with Crippen LogP contribution >= 0.6 is 23.2 Å². The minimum absolute atomic E-state index is 0.120. The highest BCUT2D eigenvalue weighted by Gasteiger charge is 2.26. The maximum atomic E-state index is 12.2. The molecule has 4 nitrogen and oxygen atoms in total. The second-order valence-corrected chi connectivity index (χ2v) is 5.81. The summed E-state index contributed by atoms with van der Waals surface area (Å²) >= 11 is 11.7. The van der Waals surface area contributed by atoms with E-state index >= 15 is 0 Å². The summed E-state index contributed by atoms with van der Waals surface area (Å²) in [5, 5.41) is 10.0. The fourth-order valence-corrected chi connectivity index (χ4v) is 2.56. The van der Waals surface area contributed by atoms with Gasteiger partial charge in [0.05, 0.1) is 0 Å². The van der Waals surface area contributed by atoms with Crippen LogP contribution in [0.15, 0.2) is 48.5 Å². The molecular formula is C17H14Cl2O4. The number of ketones is 1. The van der Waals surface area contributed by atoms with Crippen LogP contribution in [0.4, 0.5) is 0 Å². The molecule has 0 aliphatic rings. The van der Waals surface area contributed by atoms with Gasteiger partial charge < -0.3 is 9.84 Å². The zero-order chi connectivity index (χ0) is 16.8. The number of carboxylic acids is 1. The van der Waals surface area contributed by atoms with Crippen LogP contribution in [0, 0.1) is 5.92 Å². The number of carbonyl (C=O) groups is 2. The van der Waals surface area contributed by atoms with Gasteiger partial charge in [-0.05, 0) is 30.2 Å². The summed E-state index contributed by atoms with van der Waals surface area (Å²) in [6, 6.07) is 13.5. The number of benzene rings is 2. The molecule has 2 rings (SSSR count). The normalized spacial score (nSPS) is 11.7. The van der Waals surface area contributed by atoms with Crippen LogP contribution in [0.25, 0.3) is 0 Å². The van der Waals surface area contributed by atoms with Crippen LogP contribution in [0.5, 0.6) is 5.75 Å². The quantitative estimate of drug-likeness (QED) is 0.768. The summed E-state index contributed by atoms with van der Waals surface area (Å²) in [5.74, 6) is -2.53. The van der Waals surface area contributed by atoms with E-state index in [-0.39, 0.29) is 13.0 Å². The molecule has 0 bridgehead atoms. The van der Waals surface area contributed by atoms with Gasteiger partial charge in [0.2, 0.25) is 0 Å². The Morgan fingerprint density at radius 2 is 1.65 bits per heavy atom. The van der Waals surface area contributed by atoms with E-state index in [2.05, 4.69) is 0 Å². The maximum absolute atomic E-state index is 12.2. The Balaban J connectivity index is 2.02. The molecule has 2 aromatic carbocycles. The van der Waals surface area contributed by atoms with Crippen molar-refractivity contribution < 1.29 is 19.4 Å². The van der Waals surface area contributed by atoms with Gasteiger partial charge in [0.15, 0.2) is 5.78 Å². The first-order chi connectivity index (χ1) is 11.0. The molecule has 0 aliphatic carbocycles. The summed E-state index contributed by atoms with van der Waals surface area (Å²) in [5.41, 5.74) is 0.777. The maximum Gasteiger partial charge on any atom is 0.314 e. The Labute approximate surface area is 143 Å². The largest absolute Gasteiger partial charge is 0.486 e. The molecular weight excluding hydrogens is 339 g/mol. The Morgan fingerprint density at radius 3 is 2.22 bits per heavy atom. The zero-order valence-electron chi connectivity index (χ0n) is 12.0. The molecule has 2 aromatic rings. The van der Waals surface area contributed by atoms with E-state index in [1.54, 1.807) is 24.3 Å². The Hall–Kier alpha value is -2.04. The van der Waals surface area contributed by atoms with Gasteiger partial charge in [0, 0.05) is 10.0 Å². The van der Waals surface area contributed by atoms with Gasteiger partial charge in [-0.3, -0.25) is 9.59 Å². The third-order valence-corrected chi connectivity index (χ3v) is 3.62. The topological polar surface area (TPSA) is 63.6 Å². The molecule has 0 unspecified atom stereocenters. The molecule has 1 N–H and O–H groups in total. The summed E-state index contributed by atoms with van der Waals surface area (Å²) in [6.45, 7) is -0.361. The standard InChI is InChI=1S/C17H14Cl2O4/c18-12-7-13(19)9-14(8-12)23-10-16(20)15(17(21)22)6-11-4-2-1-3-5-11/h1-5,7-9,15H,6,10H2,(H,21,22)/t15-/m0/s1. The lowest BCUT2D eigenvalue weighted by Crippen LogP contribution is -2.30. The molecule has 6 heteroatoms. The number of halogens is 2. The lowest BCUT2D eigenvalue weighted by Gasteiger charge is -2.12. The first-order valence-corrected chi connectivity index (χ1v) is 7.59. The number of hydrogen-bond donors (Lipinski definition) is 1. The fraction of sp³-hybridized carbons (Fsp3) is 0.176. The lowest BCUT2D eigenvalue weighted by molar-refractivity contribution is -0.146. The van der Waals surface area contributed by atoms with E-state index in [1.165, 1.54) is 18.2 Å². The van der Waals surface area contributed by atoms with E-state index in [0.717, 1.165) is 5.56 Å². The average molecular weight is 353 g/mol. The van der Waals surface area contributed by atoms with Gasteiger partial charge in [0.25, 0.3) is 0 Å². The van der Waals surface area contributed by atoms with Crippen molar-refractivity contribution in [3.05, 3.63) is 64.1 Å². The van der Waals surface area contributed by atoms with Gasteiger partial charge in [-0.15, -0.1) is 0 Å². The smallest absolute Gasteiger partial charge is 0.314 e. The number of hydrogen-bond acceptors (Lipinski definition) is 3. The SMILES string of the molecule is O=C(O)[C@@H](Cc1ccccc1)C(=O)COc1cc(Cl)cc(Cl)c1. The van der Waals surface area contributed by atoms with Crippen LogP contribution in [0.3, 0.4) is 0 Å². The van der Waals surface area contributed by atoms with Crippen molar-refractivity contribution in [3.63, 3.8) is 0 Å². The third-order valence-electron chi connectivity index (χ3n) is 3.19. The van der Waals surface area contributed by atoms with Gasteiger partial charge in [-0.2, -0.15) is 0 Å². The van der Waals surface area contributed by atoms with E-state index < -0.39 is 17.7 Å². The van der Waals surface area contributed by atoms with E-state index in [9.17, 15) is 14.7 Å². The highest BCUT2D eigenvalue weighted by Crippen LogP contribution is 2.24. The Kier molecular flexibility index (Phi) is 6.02. The van der Waals surface area contributed by atoms with E-state index in [0.29, 0.717) is 15.8 Å². The van der Waals surface area contributed by atoms with Crippen molar-refractivity contribution in [3.8, 4) is 5.75 Å². The molecule has 0 saturated carbocycles. The highest BCUT2D eigenvalue weighted by atomic mass is 35.5. The molecule has 0 aliphatic heterocycles. The number of rotatable bonds is 7. The molecule has 0 fully saturated rings. The van der Waals surface area contributed by atoms with Crippen molar-refractivity contribution in [2.24, 2.45) is 5.92 Å². The predicted octanol–water partition coefficient (Wildman–Crippen LogP) is 3.88. The van der Waals surface area contributed by atoms with Gasteiger partial charge in [-0.25, -0.2) is 0 Å². The monoisotopic (exact) mass is 352 g/mol. The molecule has 0 saturated heterocycles. The van der Waals surface area contributed by atoms with Crippen molar-refractivity contribution in [2.45, 2.75) is 6.42 Å². The fourth-order valence-electron chi connectivity index (χ4n) is 2.06. The summed E-state index contributed by atoms with van der Waals surface area (Å²) < 4.78 is 5.32. The van der Waals surface area contributed by atoms with Crippen LogP contribution < -0.4 is 4.74 Å². The zero-order valence-corrected chi connectivity index (χ0v) is 13.6. The van der Waals surface area contributed by atoms with Crippen LogP contribution in [0.2, 0.25) is 10.0 Å². The number of ether oxygens (including phenoxy) is 1. The molecule has 23 heavy (non-hydrogen) atoms. The van der Waals surface area contributed by atoms with Crippen molar-refractivity contribution in [1.29, 1.82) is 0 Å².